The summed E-state index contributed by atoms with van der Waals surface area (Å²) >= 11 is 0. The average molecular weight is 728 g/mol. The zero-order chi connectivity index (χ0) is 37.8. The van der Waals surface area contributed by atoms with Crippen LogP contribution >= 0.6 is 0 Å². The Hall–Kier alpha value is -3.64. The van der Waals surface area contributed by atoms with Crippen LogP contribution in [0.5, 0.6) is 0 Å². The number of carbonyl (C=O) groups excluding carboxylic acids is 2. The minimum atomic E-state index is -2.50. The molecule has 2 aromatic carbocycles. The van der Waals surface area contributed by atoms with Gasteiger partial charge >= 0.3 is 11.9 Å². The lowest BCUT2D eigenvalue weighted by atomic mass is 9.83. The van der Waals surface area contributed by atoms with Crippen molar-refractivity contribution < 1.29 is 47.9 Å². The molecule has 0 spiro atoms. The van der Waals surface area contributed by atoms with Crippen molar-refractivity contribution in [1.82, 2.24) is 5.32 Å². The Morgan fingerprint density at radius 3 is 2.17 bits per heavy atom. The molecule has 1 aliphatic rings. The van der Waals surface area contributed by atoms with Crippen molar-refractivity contribution in [1.29, 1.82) is 0 Å². The Kier molecular flexibility index (Phi) is 18.5. The van der Waals surface area contributed by atoms with Gasteiger partial charge in [-0.1, -0.05) is 100 Å². The fourth-order valence-electron chi connectivity index (χ4n) is 6.62. The second-order valence-corrected chi connectivity index (χ2v) is 13.6. The highest BCUT2D eigenvalue weighted by molar-refractivity contribution is 5.92. The molecule has 0 saturated carbocycles. The van der Waals surface area contributed by atoms with Gasteiger partial charge in [-0.15, -0.1) is 0 Å². The molecule has 1 fully saturated rings. The molecule has 0 aliphatic carbocycles. The van der Waals surface area contributed by atoms with Gasteiger partial charge in [0.1, 0.15) is 11.9 Å². The van der Waals surface area contributed by atoms with Gasteiger partial charge in [0.05, 0.1) is 26.2 Å². The minimum absolute atomic E-state index is 0.0200. The van der Waals surface area contributed by atoms with E-state index in [2.05, 4.69) is 12.2 Å². The van der Waals surface area contributed by atoms with E-state index < -0.39 is 41.2 Å². The Bertz CT molecular complexity index is 1410. The summed E-state index contributed by atoms with van der Waals surface area (Å²) in [4.78, 5) is 39.0. The lowest BCUT2D eigenvalue weighted by molar-refractivity contribution is -0.169. The van der Waals surface area contributed by atoms with E-state index in [0.717, 1.165) is 44.9 Å². The molecule has 1 heterocycles. The smallest absolute Gasteiger partial charge is 0.336 e. The van der Waals surface area contributed by atoms with Crippen LogP contribution in [0.1, 0.15) is 96.0 Å². The van der Waals surface area contributed by atoms with Crippen LogP contribution in [0.2, 0.25) is 0 Å². The zero-order valence-corrected chi connectivity index (χ0v) is 31.1. The third kappa shape index (κ3) is 13.1. The monoisotopic (exact) mass is 727 g/mol. The van der Waals surface area contributed by atoms with Crippen molar-refractivity contribution >= 4 is 17.8 Å². The van der Waals surface area contributed by atoms with Gasteiger partial charge in [0.25, 0.3) is 0 Å². The molecule has 3 atom stereocenters. The van der Waals surface area contributed by atoms with Crippen molar-refractivity contribution in [3.63, 3.8) is 0 Å². The number of hydrogen-bond donors (Lipinski definition) is 3. The van der Waals surface area contributed by atoms with Crippen molar-refractivity contribution in [2.75, 3.05) is 34.0 Å². The van der Waals surface area contributed by atoms with Gasteiger partial charge < -0.3 is 34.5 Å². The van der Waals surface area contributed by atoms with Gasteiger partial charge in [-0.3, -0.25) is 4.79 Å². The van der Waals surface area contributed by atoms with Crippen LogP contribution < -0.4 is 5.32 Å². The standard InChI is InChI=1S/C41H58FNO9/c1-4-5-6-10-15-24-40(51-28-29-52-40)25-16-11-8-7-9-12-18-34(41(48,39(46)47)26-27-49-2)37(44)43-36(38(45)50-3)30-31-20-22-32(23-21-31)33-17-13-14-19-35(33)42/h12-14,17-23,34,36,48H,4-11,15-16,24-30H2,1-3H3,(H,43,44)(H,46,47)/b18-12+/t34-,36+,41+/m1/s1. The summed E-state index contributed by atoms with van der Waals surface area (Å²) in [5.74, 6) is -5.52. The lowest BCUT2D eigenvalue weighted by Gasteiger charge is -2.30. The number of aliphatic hydroxyl groups is 1. The number of carboxylic acids is 1. The number of rotatable bonds is 25. The normalized spacial score (nSPS) is 16.3. The van der Waals surface area contributed by atoms with Gasteiger partial charge in [-0.25, -0.2) is 14.0 Å². The number of nitrogens with one attached hydrogen (secondary N) is 1. The number of hydrogen-bond acceptors (Lipinski definition) is 8. The summed E-state index contributed by atoms with van der Waals surface area (Å²) in [6, 6.07) is 12.1. The molecule has 10 nitrogen and oxygen atoms in total. The Morgan fingerprint density at radius 2 is 1.58 bits per heavy atom. The SMILES string of the molecule is CCCCCCCC1(CCCCCC/C=C/[C@H](C(=O)N[C@@H](Cc2ccc(-c3ccccc3F)cc2)C(=O)OC)[C@@](O)(CCOC)C(=O)O)OCCO1. The number of carboxylic acid groups (broad SMARTS) is 1. The highest BCUT2D eigenvalue weighted by Crippen LogP contribution is 2.32. The van der Waals surface area contributed by atoms with Crippen molar-refractivity contribution in [2.24, 2.45) is 5.92 Å². The van der Waals surface area contributed by atoms with E-state index in [0.29, 0.717) is 36.3 Å². The van der Waals surface area contributed by atoms with Gasteiger partial charge in [0.2, 0.25) is 5.91 Å². The van der Waals surface area contributed by atoms with Crippen molar-refractivity contribution in [3.8, 4) is 11.1 Å². The molecule has 0 aromatic heterocycles. The number of amides is 1. The number of allylic oxidation sites excluding steroid dienone is 1. The quantitative estimate of drug-likeness (QED) is 0.0552. The molecule has 2 aromatic rings. The van der Waals surface area contributed by atoms with E-state index in [-0.39, 0.29) is 25.3 Å². The Morgan fingerprint density at radius 1 is 0.942 bits per heavy atom. The maximum absolute atomic E-state index is 14.3. The first-order chi connectivity index (χ1) is 25.1. The fraction of sp³-hybridized carbons (Fsp3) is 0.585. The summed E-state index contributed by atoms with van der Waals surface area (Å²) in [5, 5.41) is 24.1. The summed E-state index contributed by atoms with van der Waals surface area (Å²) < 4.78 is 36.4. The van der Waals surface area contributed by atoms with Gasteiger partial charge in [-0.05, 0) is 42.9 Å². The number of aliphatic carboxylic acids is 1. The molecule has 52 heavy (non-hydrogen) atoms. The van der Waals surface area contributed by atoms with E-state index in [1.54, 1.807) is 48.5 Å². The van der Waals surface area contributed by atoms with E-state index in [1.807, 2.05) is 0 Å². The first kappa shape index (κ1) is 42.8. The molecule has 1 aliphatic heterocycles. The molecule has 3 rings (SSSR count). The number of esters is 1. The predicted octanol–water partition coefficient (Wildman–Crippen LogP) is 7.16. The van der Waals surface area contributed by atoms with E-state index in [1.165, 1.54) is 52.0 Å². The number of methoxy groups -OCH3 is 2. The number of unbranched alkanes of at least 4 members (excludes halogenated alkanes) is 8. The third-order valence-corrected chi connectivity index (χ3v) is 9.72. The second kappa shape index (κ2) is 22.4. The fourth-order valence-corrected chi connectivity index (χ4v) is 6.62. The molecule has 1 saturated heterocycles. The number of ether oxygens (including phenoxy) is 4. The molecule has 1 amide bonds. The second-order valence-electron chi connectivity index (χ2n) is 13.6. The Labute approximate surface area is 308 Å². The summed E-state index contributed by atoms with van der Waals surface area (Å²) in [6.45, 7) is 3.36. The van der Waals surface area contributed by atoms with Gasteiger partial charge in [-0.2, -0.15) is 0 Å². The molecule has 288 valence electrons. The summed E-state index contributed by atoms with van der Waals surface area (Å²) in [6.07, 6.45) is 14.7. The molecule has 0 bridgehead atoms. The summed E-state index contributed by atoms with van der Waals surface area (Å²) in [5.41, 5.74) is -0.773. The number of carbonyl (C=O) groups is 3. The van der Waals surface area contributed by atoms with E-state index in [4.69, 9.17) is 18.9 Å². The minimum Gasteiger partial charge on any atom is -0.479 e. The number of benzene rings is 2. The van der Waals surface area contributed by atoms with Crippen molar-refractivity contribution in [3.05, 3.63) is 72.1 Å². The van der Waals surface area contributed by atoms with Crippen LogP contribution in [0.15, 0.2) is 60.7 Å². The molecule has 11 heteroatoms. The topological polar surface area (TPSA) is 141 Å². The lowest BCUT2D eigenvalue weighted by Crippen LogP contribution is -2.55. The number of halogens is 1. The van der Waals surface area contributed by atoms with E-state index in [9.17, 15) is 29.0 Å². The first-order valence-electron chi connectivity index (χ1n) is 18.7. The highest BCUT2D eigenvalue weighted by atomic mass is 19.1. The predicted molar refractivity (Wildman–Crippen MR) is 197 cm³/mol. The largest absolute Gasteiger partial charge is 0.479 e. The van der Waals surface area contributed by atoms with Crippen LogP contribution in [-0.4, -0.2) is 79.5 Å². The highest BCUT2D eigenvalue weighted by Gasteiger charge is 2.47. The van der Waals surface area contributed by atoms with Gasteiger partial charge in [0, 0.05) is 45.0 Å². The maximum Gasteiger partial charge on any atom is 0.336 e. The summed E-state index contributed by atoms with van der Waals surface area (Å²) in [7, 11) is 2.56. The first-order valence-corrected chi connectivity index (χ1v) is 18.7. The molecular weight excluding hydrogens is 669 g/mol. The van der Waals surface area contributed by atoms with Crippen LogP contribution in [0.3, 0.4) is 0 Å². The molecule has 0 unspecified atom stereocenters. The van der Waals surface area contributed by atoms with Crippen molar-refractivity contribution in [2.45, 2.75) is 114 Å². The average Bonchev–Trinajstić information content (AvgIpc) is 3.61. The Balaban J connectivity index is 1.62. The molecular formula is C41H58FNO9. The van der Waals surface area contributed by atoms with E-state index >= 15 is 0 Å². The zero-order valence-electron chi connectivity index (χ0n) is 31.1. The van der Waals surface area contributed by atoms with Crippen LogP contribution in [0.25, 0.3) is 11.1 Å². The third-order valence-electron chi connectivity index (χ3n) is 9.72. The molecule has 0 radical (unpaired) electrons. The van der Waals surface area contributed by atoms with Gasteiger partial charge in [0.15, 0.2) is 11.4 Å². The van der Waals surface area contributed by atoms with Crippen LogP contribution in [0.4, 0.5) is 4.39 Å². The molecule has 3 N–H and O–H groups in total. The van der Waals surface area contributed by atoms with Crippen LogP contribution in [0, 0.1) is 11.7 Å². The maximum atomic E-state index is 14.3. The van der Waals surface area contributed by atoms with Crippen LogP contribution in [-0.2, 0) is 39.8 Å².